The average molecular weight is 287 g/mol. The molecule has 20 heavy (non-hydrogen) atoms. The Labute approximate surface area is 112 Å². The monoisotopic (exact) mass is 287 g/mol. The van der Waals surface area contributed by atoms with E-state index in [0.29, 0.717) is 11.4 Å². The molecule has 0 aliphatic heterocycles. The lowest BCUT2D eigenvalue weighted by Crippen LogP contribution is -2.17. The molecule has 1 aromatic carbocycles. The van der Waals surface area contributed by atoms with Crippen molar-refractivity contribution >= 4 is 5.69 Å². The predicted molar refractivity (Wildman–Crippen MR) is 65.3 cm³/mol. The van der Waals surface area contributed by atoms with E-state index in [4.69, 9.17) is 4.42 Å². The van der Waals surface area contributed by atoms with Gasteiger partial charge in [-0.2, -0.15) is 0 Å². The Morgan fingerprint density at radius 2 is 2.05 bits per heavy atom. The van der Waals surface area contributed by atoms with Crippen LogP contribution in [0.4, 0.5) is 18.9 Å². The molecule has 0 amide bonds. The normalized spacial score (nSPS) is 13.0. The van der Waals surface area contributed by atoms with Crippen molar-refractivity contribution in [2.45, 2.75) is 12.5 Å². The van der Waals surface area contributed by atoms with Gasteiger partial charge >= 0.3 is 6.36 Å². The molecule has 2 aromatic rings. The minimum absolute atomic E-state index is 0.100. The molecular formula is C13H12F3NO3. The van der Waals surface area contributed by atoms with Crippen molar-refractivity contribution in [3.05, 3.63) is 48.4 Å². The maximum Gasteiger partial charge on any atom is 0.573 e. The van der Waals surface area contributed by atoms with Crippen molar-refractivity contribution in [2.24, 2.45) is 0 Å². The van der Waals surface area contributed by atoms with Crippen LogP contribution in [-0.2, 0) is 0 Å². The van der Waals surface area contributed by atoms with Crippen molar-refractivity contribution in [2.75, 3.05) is 11.9 Å². The second-order valence-electron chi connectivity index (χ2n) is 3.99. The molecule has 108 valence electrons. The highest BCUT2D eigenvalue weighted by Gasteiger charge is 2.31. The van der Waals surface area contributed by atoms with Gasteiger partial charge in [0.2, 0.25) is 0 Å². The quantitative estimate of drug-likeness (QED) is 0.885. The van der Waals surface area contributed by atoms with E-state index in [2.05, 4.69) is 10.1 Å². The summed E-state index contributed by atoms with van der Waals surface area (Å²) in [7, 11) is 0. The third-order valence-corrected chi connectivity index (χ3v) is 2.44. The summed E-state index contributed by atoms with van der Waals surface area (Å²) in [6.07, 6.45) is -4.19. The Hall–Kier alpha value is -2.15. The number of aliphatic hydroxyl groups excluding tert-OH is 1. The highest BCUT2D eigenvalue weighted by molar-refractivity contribution is 5.48. The molecule has 1 unspecified atom stereocenters. The summed E-state index contributed by atoms with van der Waals surface area (Å²) in [4.78, 5) is 0. The van der Waals surface area contributed by atoms with Gasteiger partial charge in [-0.25, -0.2) is 0 Å². The number of aliphatic hydroxyl groups is 1. The molecule has 0 bridgehead atoms. The van der Waals surface area contributed by atoms with E-state index in [9.17, 15) is 18.3 Å². The molecule has 2 N–H and O–H groups in total. The fourth-order valence-corrected chi connectivity index (χ4v) is 1.60. The first-order valence-electron chi connectivity index (χ1n) is 5.75. The SMILES string of the molecule is OC(CNc1cccc(OC(F)(F)F)c1)c1ccco1. The number of rotatable bonds is 5. The number of halogens is 3. The van der Waals surface area contributed by atoms with E-state index in [1.54, 1.807) is 18.2 Å². The number of ether oxygens (including phenoxy) is 1. The first kappa shape index (κ1) is 14.3. The molecule has 0 aliphatic carbocycles. The van der Waals surface area contributed by atoms with Crippen LogP contribution in [0.3, 0.4) is 0 Å². The molecule has 0 spiro atoms. The van der Waals surface area contributed by atoms with Crippen LogP contribution in [0.25, 0.3) is 0 Å². The van der Waals surface area contributed by atoms with Crippen molar-refractivity contribution in [3.8, 4) is 5.75 Å². The maximum absolute atomic E-state index is 12.1. The maximum atomic E-state index is 12.1. The Morgan fingerprint density at radius 3 is 2.70 bits per heavy atom. The standard InChI is InChI=1S/C13H12F3NO3/c14-13(15,16)20-10-4-1-3-9(7-10)17-8-11(18)12-5-2-6-19-12/h1-7,11,17-18H,8H2. The second-order valence-corrected chi connectivity index (χ2v) is 3.99. The molecule has 1 aromatic heterocycles. The largest absolute Gasteiger partial charge is 0.573 e. The first-order chi connectivity index (χ1) is 9.44. The molecule has 1 atom stereocenters. The van der Waals surface area contributed by atoms with Gasteiger partial charge < -0.3 is 19.6 Å². The fraction of sp³-hybridized carbons (Fsp3) is 0.231. The third-order valence-electron chi connectivity index (χ3n) is 2.44. The fourth-order valence-electron chi connectivity index (χ4n) is 1.60. The van der Waals surface area contributed by atoms with Crippen LogP contribution in [-0.4, -0.2) is 18.0 Å². The van der Waals surface area contributed by atoms with Gasteiger partial charge in [0.1, 0.15) is 17.6 Å². The van der Waals surface area contributed by atoms with Crippen LogP contribution >= 0.6 is 0 Å². The Bertz CT molecular complexity index is 540. The van der Waals surface area contributed by atoms with Gasteiger partial charge in [0.25, 0.3) is 0 Å². The van der Waals surface area contributed by atoms with Crippen molar-refractivity contribution < 1.29 is 27.4 Å². The smallest absolute Gasteiger partial charge is 0.467 e. The van der Waals surface area contributed by atoms with Gasteiger partial charge in [0, 0.05) is 18.3 Å². The van der Waals surface area contributed by atoms with E-state index in [0.717, 1.165) is 0 Å². The summed E-state index contributed by atoms with van der Waals surface area (Å²) in [6, 6.07) is 8.62. The topological polar surface area (TPSA) is 54.6 Å². The van der Waals surface area contributed by atoms with Crippen molar-refractivity contribution in [3.63, 3.8) is 0 Å². The number of benzene rings is 1. The lowest BCUT2D eigenvalue weighted by Gasteiger charge is -2.13. The van der Waals surface area contributed by atoms with Gasteiger partial charge in [-0.3, -0.25) is 0 Å². The Balaban J connectivity index is 1.94. The zero-order valence-corrected chi connectivity index (χ0v) is 10.2. The molecule has 7 heteroatoms. The molecular weight excluding hydrogens is 275 g/mol. The molecule has 0 radical (unpaired) electrons. The van der Waals surface area contributed by atoms with Crippen LogP contribution in [0.15, 0.2) is 47.1 Å². The van der Waals surface area contributed by atoms with Gasteiger partial charge in [0.15, 0.2) is 0 Å². The van der Waals surface area contributed by atoms with Crippen LogP contribution < -0.4 is 10.1 Å². The number of hydrogen-bond donors (Lipinski definition) is 2. The number of furan rings is 1. The second kappa shape index (κ2) is 5.87. The summed E-state index contributed by atoms with van der Waals surface area (Å²) in [5.41, 5.74) is 0.400. The molecule has 0 saturated carbocycles. The lowest BCUT2D eigenvalue weighted by atomic mass is 10.2. The van der Waals surface area contributed by atoms with Crippen molar-refractivity contribution in [1.82, 2.24) is 0 Å². The number of hydrogen-bond acceptors (Lipinski definition) is 4. The molecule has 0 aliphatic rings. The number of nitrogens with one attached hydrogen (secondary N) is 1. The zero-order chi connectivity index (χ0) is 14.6. The molecule has 4 nitrogen and oxygen atoms in total. The van der Waals surface area contributed by atoms with Crippen LogP contribution in [0.1, 0.15) is 11.9 Å². The molecule has 1 heterocycles. The van der Waals surface area contributed by atoms with Gasteiger partial charge in [-0.1, -0.05) is 6.07 Å². The van der Waals surface area contributed by atoms with Crippen molar-refractivity contribution in [1.29, 1.82) is 0 Å². The van der Waals surface area contributed by atoms with E-state index in [1.807, 2.05) is 0 Å². The Morgan fingerprint density at radius 1 is 1.25 bits per heavy atom. The van der Waals surface area contributed by atoms with Crippen LogP contribution in [0.2, 0.25) is 0 Å². The van der Waals surface area contributed by atoms with E-state index in [1.165, 1.54) is 24.5 Å². The first-order valence-corrected chi connectivity index (χ1v) is 5.75. The lowest BCUT2D eigenvalue weighted by molar-refractivity contribution is -0.274. The summed E-state index contributed by atoms with van der Waals surface area (Å²) in [5, 5.41) is 12.6. The minimum Gasteiger partial charge on any atom is -0.467 e. The highest BCUT2D eigenvalue weighted by Crippen LogP contribution is 2.25. The van der Waals surface area contributed by atoms with Gasteiger partial charge in [0.05, 0.1) is 6.26 Å². The Kier molecular flexibility index (Phi) is 4.19. The van der Waals surface area contributed by atoms with E-state index in [-0.39, 0.29) is 12.3 Å². The third kappa shape index (κ3) is 4.20. The van der Waals surface area contributed by atoms with Crippen LogP contribution in [0.5, 0.6) is 5.75 Å². The van der Waals surface area contributed by atoms with Crippen LogP contribution in [0, 0.1) is 0 Å². The predicted octanol–water partition coefficient (Wildman–Crippen LogP) is 3.32. The van der Waals surface area contributed by atoms with E-state index < -0.39 is 12.5 Å². The molecule has 0 fully saturated rings. The van der Waals surface area contributed by atoms with E-state index >= 15 is 0 Å². The number of alkyl halides is 3. The minimum atomic E-state index is -4.73. The van der Waals surface area contributed by atoms with Gasteiger partial charge in [-0.05, 0) is 24.3 Å². The summed E-state index contributed by atoms with van der Waals surface area (Å²) in [6.45, 7) is 0.100. The summed E-state index contributed by atoms with van der Waals surface area (Å²) >= 11 is 0. The summed E-state index contributed by atoms with van der Waals surface area (Å²) in [5.74, 6) is 0.0511. The average Bonchev–Trinajstić information content (AvgIpc) is 2.88. The number of anilines is 1. The zero-order valence-electron chi connectivity index (χ0n) is 10.2. The molecule has 2 rings (SSSR count). The molecule has 0 saturated heterocycles. The van der Waals surface area contributed by atoms with Gasteiger partial charge in [-0.15, -0.1) is 13.2 Å². The highest BCUT2D eigenvalue weighted by atomic mass is 19.4. The summed E-state index contributed by atoms with van der Waals surface area (Å²) < 4.78 is 45.0.